The number of hydrogen-bond acceptors (Lipinski definition) is 4. The van der Waals surface area contributed by atoms with Crippen molar-refractivity contribution in [2.75, 3.05) is 6.54 Å². The van der Waals surface area contributed by atoms with Gasteiger partial charge < -0.3 is 10.2 Å². The van der Waals surface area contributed by atoms with Gasteiger partial charge in [0.25, 0.3) is 5.91 Å². The van der Waals surface area contributed by atoms with Crippen LogP contribution in [0.1, 0.15) is 34.5 Å². The number of carbonyl (C=O) groups is 2. The van der Waals surface area contributed by atoms with E-state index in [0.717, 1.165) is 24.8 Å². The van der Waals surface area contributed by atoms with E-state index in [1.165, 1.54) is 11.3 Å². The van der Waals surface area contributed by atoms with Gasteiger partial charge in [-0.15, -0.1) is 11.3 Å². The average molecular weight is 329 g/mol. The molecule has 1 atom stereocenters. The summed E-state index contributed by atoms with van der Waals surface area (Å²) in [6.45, 7) is 1.10. The van der Waals surface area contributed by atoms with Crippen LogP contribution in [0.4, 0.5) is 0 Å². The standard InChI is InChI=1S/C17H19N3O2S/c21-16(19-12-13-6-8-18-9-7-13)14-4-1-2-10-20(14)17(22)15-5-3-11-23-15/h3,5-9,11,14H,1-2,4,10,12H2,(H,19,21). The van der Waals surface area contributed by atoms with Gasteiger partial charge in [0.2, 0.25) is 5.91 Å². The molecule has 3 rings (SSSR count). The van der Waals surface area contributed by atoms with Crippen molar-refractivity contribution >= 4 is 23.2 Å². The molecule has 2 aromatic heterocycles. The molecule has 0 aliphatic carbocycles. The lowest BCUT2D eigenvalue weighted by molar-refractivity contribution is -0.126. The predicted molar refractivity (Wildman–Crippen MR) is 89.1 cm³/mol. The molecule has 6 heteroatoms. The highest BCUT2D eigenvalue weighted by Gasteiger charge is 2.32. The van der Waals surface area contributed by atoms with E-state index in [1.807, 2.05) is 29.6 Å². The van der Waals surface area contributed by atoms with Gasteiger partial charge in [0.1, 0.15) is 6.04 Å². The lowest BCUT2D eigenvalue weighted by Crippen LogP contribution is -2.51. The molecule has 2 aromatic rings. The number of nitrogens with one attached hydrogen (secondary N) is 1. The molecule has 0 radical (unpaired) electrons. The molecule has 1 N–H and O–H groups in total. The van der Waals surface area contributed by atoms with Crippen LogP contribution in [-0.4, -0.2) is 34.3 Å². The molecule has 1 unspecified atom stereocenters. The molecule has 1 aliphatic rings. The maximum Gasteiger partial charge on any atom is 0.264 e. The predicted octanol–water partition coefficient (Wildman–Crippen LogP) is 2.45. The van der Waals surface area contributed by atoms with Crippen molar-refractivity contribution in [3.63, 3.8) is 0 Å². The highest BCUT2D eigenvalue weighted by atomic mass is 32.1. The van der Waals surface area contributed by atoms with Crippen LogP contribution in [-0.2, 0) is 11.3 Å². The smallest absolute Gasteiger partial charge is 0.264 e. The van der Waals surface area contributed by atoms with E-state index >= 15 is 0 Å². The largest absolute Gasteiger partial charge is 0.350 e. The normalized spacial score (nSPS) is 17.7. The quantitative estimate of drug-likeness (QED) is 0.937. The zero-order chi connectivity index (χ0) is 16.1. The van der Waals surface area contributed by atoms with Crippen molar-refractivity contribution in [1.29, 1.82) is 0 Å². The molecule has 3 heterocycles. The fourth-order valence-corrected chi connectivity index (χ4v) is 3.48. The second-order valence-corrected chi connectivity index (χ2v) is 6.51. The molecular weight excluding hydrogens is 310 g/mol. The molecule has 0 bridgehead atoms. The highest BCUT2D eigenvalue weighted by molar-refractivity contribution is 7.12. The van der Waals surface area contributed by atoms with Crippen LogP contribution >= 0.6 is 11.3 Å². The van der Waals surface area contributed by atoms with Gasteiger partial charge in [0.05, 0.1) is 4.88 Å². The van der Waals surface area contributed by atoms with Crippen LogP contribution in [0.2, 0.25) is 0 Å². The Hall–Kier alpha value is -2.21. The fourth-order valence-electron chi connectivity index (χ4n) is 2.80. The van der Waals surface area contributed by atoms with Gasteiger partial charge in [-0.25, -0.2) is 0 Å². The van der Waals surface area contributed by atoms with E-state index in [9.17, 15) is 9.59 Å². The van der Waals surface area contributed by atoms with Crippen LogP contribution in [0.25, 0.3) is 0 Å². The third-order valence-corrected chi connectivity index (χ3v) is 4.87. The fraction of sp³-hybridized carbons (Fsp3) is 0.353. The molecule has 0 saturated carbocycles. The van der Waals surface area contributed by atoms with E-state index < -0.39 is 0 Å². The maximum atomic E-state index is 12.6. The molecule has 2 amide bonds. The Morgan fingerprint density at radius 2 is 2.09 bits per heavy atom. The maximum absolute atomic E-state index is 12.6. The summed E-state index contributed by atoms with van der Waals surface area (Å²) in [5, 5.41) is 4.83. The summed E-state index contributed by atoms with van der Waals surface area (Å²) in [4.78, 5) is 31.5. The second-order valence-electron chi connectivity index (χ2n) is 5.56. The minimum absolute atomic E-state index is 0.0382. The Balaban J connectivity index is 1.66. The lowest BCUT2D eigenvalue weighted by atomic mass is 10.0. The average Bonchev–Trinajstić information content (AvgIpc) is 3.14. The van der Waals surface area contributed by atoms with Crippen molar-refractivity contribution in [3.8, 4) is 0 Å². The first kappa shape index (κ1) is 15.7. The molecule has 1 aliphatic heterocycles. The first-order valence-corrected chi connectivity index (χ1v) is 8.65. The minimum Gasteiger partial charge on any atom is -0.350 e. The summed E-state index contributed by atoms with van der Waals surface area (Å²) in [5.41, 5.74) is 1.00. The van der Waals surface area contributed by atoms with Gasteiger partial charge in [-0.1, -0.05) is 6.07 Å². The molecule has 1 saturated heterocycles. The number of piperidine rings is 1. The van der Waals surface area contributed by atoms with E-state index in [0.29, 0.717) is 18.0 Å². The molecule has 0 aromatic carbocycles. The Bertz CT molecular complexity index is 658. The molecular formula is C17H19N3O2S. The molecule has 1 fully saturated rings. The van der Waals surface area contributed by atoms with Crippen molar-refractivity contribution in [1.82, 2.24) is 15.2 Å². The van der Waals surface area contributed by atoms with E-state index in [4.69, 9.17) is 0 Å². The zero-order valence-corrected chi connectivity index (χ0v) is 13.6. The van der Waals surface area contributed by atoms with Gasteiger partial charge in [-0.2, -0.15) is 0 Å². The first-order valence-electron chi connectivity index (χ1n) is 7.77. The monoisotopic (exact) mass is 329 g/mol. The number of rotatable bonds is 4. The van der Waals surface area contributed by atoms with Crippen LogP contribution in [0.3, 0.4) is 0 Å². The van der Waals surface area contributed by atoms with E-state index in [-0.39, 0.29) is 17.9 Å². The van der Waals surface area contributed by atoms with Crippen molar-refractivity contribution in [3.05, 3.63) is 52.5 Å². The van der Waals surface area contributed by atoms with Crippen molar-refractivity contribution < 1.29 is 9.59 Å². The number of hydrogen-bond donors (Lipinski definition) is 1. The third kappa shape index (κ3) is 3.76. The van der Waals surface area contributed by atoms with Gasteiger partial charge in [0.15, 0.2) is 0 Å². The summed E-state index contributed by atoms with van der Waals surface area (Å²) in [6, 6.07) is 7.04. The van der Waals surface area contributed by atoms with Gasteiger partial charge in [0, 0.05) is 25.5 Å². The summed E-state index contributed by atoms with van der Waals surface area (Å²) in [6.07, 6.45) is 6.05. The first-order chi connectivity index (χ1) is 11.3. The van der Waals surface area contributed by atoms with Gasteiger partial charge >= 0.3 is 0 Å². The van der Waals surface area contributed by atoms with Gasteiger partial charge in [-0.3, -0.25) is 14.6 Å². The summed E-state index contributed by atoms with van der Waals surface area (Å²) >= 11 is 1.42. The summed E-state index contributed by atoms with van der Waals surface area (Å²) < 4.78 is 0. The molecule has 0 spiro atoms. The van der Waals surface area contributed by atoms with Crippen molar-refractivity contribution in [2.24, 2.45) is 0 Å². The molecule has 23 heavy (non-hydrogen) atoms. The van der Waals surface area contributed by atoms with Crippen LogP contribution in [0.5, 0.6) is 0 Å². The van der Waals surface area contributed by atoms with E-state index in [2.05, 4.69) is 10.3 Å². The van der Waals surface area contributed by atoms with Crippen LogP contribution in [0.15, 0.2) is 42.0 Å². The van der Waals surface area contributed by atoms with Gasteiger partial charge in [-0.05, 0) is 48.4 Å². The molecule has 5 nitrogen and oxygen atoms in total. The Labute approximate surface area is 139 Å². The molecule has 120 valence electrons. The van der Waals surface area contributed by atoms with Crippen molar-refractivity contribution in [2.45, 2.75) is 31.8 Å². The number of thiophene rings is 1. The van der Waals surface area contributed by atoms with E-state index in [1.54, 1.807) is 17.3 Å². The number of aromatic nitrogens is 1. The summed E-state index contributed by atoms with van der Waals surface area (Å²) in [7, 11) is 0. The van der Waals surface area contributed by atoms with Crippen LogP contribution in [0, 0.1) is 0 Å². The SMILES string of the molecule is O=C(NCc1ccncc1)C1CCCCN1C(=O)c1cccs1. The zero-order valence-electron chi connectivity index (χ0n) is 12.8. The van der Waals surface area contributed by atoms with Crippen LogP contribution < -0.4 is 5.32 Å². The Morgan fingerprint density at radius 1 is 1.26 bits per heavy atom. The second kappa shape index (κ2) is 7.37. The number of amides is 2. The number of pyridine rings is 1. The number of carbonyl (C=O) groups excluding carboxylic acids is 2. The Kier molecular flexibility index (Phi) is 5.02. The minimum atomic E-state index is -0.375. The lowest BCUT2D eigenvalue weighted by Gasteiger charge is -2.34. The highest BCUT2D eigenvalue weighted by Crippen LogP contribution is 2.22. The third-order valence-electron chi connectivity index (χ3n) is 4.01. The summed E-state index contributed by atoms with van der Waals surface area (Å²) in [5.74, 6) is -0.116. The number of nitrogens with zero attached hydrogens (tertiary/aromatic N) is 2. The Morgan fingerprint density at radius 3 is 2.83 bits per heavy atom. The topological polar surface area (TPSA) is 62.3 Å². The number of likely N-dealkylation sites (tertiary alicyclic amines) is 1.